The highest BCUT2D eigenvalue weighted by atomic mass is 16.4. The Morgan fingerprint density at radius 2 is 1.95 bits per heavy atom. The first-order valence-corrected chi connectivity index (χ1v) is 6.98. The molecule has 6 nitrogen and oxygen atoms in total. The van der Waals surface area contributed by atoms with Gasteiger partial charge in [0.05, 0.1) is 6.10 Å². The number of aliphatic carboxylic acids is 1. The molecule has 1 heterocycles. The van der Waals surface area contributed by atoms with E-state index in [2.05, 4.69) is 5.32 Å². The lowest BCUT2D eigenvalue weighted by Gasteiger charge is -2.38. The van der Waals surface area contributed by atoms with Crippen molar-refractivity contribution >= 4 is 12.0 Å². The summed E-state index contributed by atoms with van der Waals surface area (Å²) in [6, 6.07) is -1.35. The SMILES string of the molecule is CC(O)C(NC(=O)N1CCCC2CCCC21)C(=O)O. The number of amides is 2. The lowest BCUT2D eigenvalue weighted by Crippen LogP contribution is -2.56. The molecule has 2 fully saturated rings. The molecule has 2 amide bonds. The van der Waals surface area contributed by atoms with Crippen LogP contribution < -0.4 is 5.32 Å². The summed E-state index contributed by atoms with van der Waals surface area (Å²) in [6.45, 7) is 2.05. The fraction of sp³-hybridized carbons (Fsp3) is 0.846. The average Bonchev–Trinajstić information content (AvgIpc) is 2.82. The summed E-state index contributed by atoms with van der Waals surface area (Å²) in [6.07, 6.45) is 4.33. The number of likely N-dealkylation sites (tertiary alicyclic amines) is 1. The van der Waals surface area contributed by atoms with Gasteiger partial charge in [-0.2, -0.15) is 0 Å². The highest BCUT2D eigenvalue weighted by Gasteiger charge is 2.38. The third-order valence-corrected chi connectivity index (χ3v) is 4.28. The Hall–Kier alpha value is -1.30. The van der Waals surface area contributed by atoms with Crippen molar-refractivity contribution in [3.63, 3.8) is 0 Å². The average molecular weight is 270 g/mol. The molecule has 6 heteroatoms. The van der Waals surface area contributed by atoms with Gasteiger partial charge in [0.2, 0.25) is 0 Å². The zero-order valence-corrected chi connectivity index (χ0v) is 11.2. The normalized spacial score (nSPS) is 29.5. The summed E-state index contributed by atoms with van der Waals surface area (Å²) in [7, 11) is 0. The second-order valence-electron chi connectivity index (χ2n) is 5.60. The Morgan fingerprint density at radius 1 is 1.26 bits per heavy atom. The number of nitrogens with zero attached hydrogens (tertiary/aromatic N) is 1. The second kappa shape index (κ2) is 5.77. The molecule has 0 aromatic carbocycles. The third kappa shape index (κ3) is 3.00. The van der Waals surface area contributed by atoms with Crippen LogP contribution in [-0.2, 0) is 4.79 Å². The number of carbonyl (C=O) groups excluding carboxylic acids is 1. The number of hydrogen-bond acceptors (Lipinski definition) is 3. The number of aliphatic hydroxyl groups excluding tert-OH is 1. The van der Waals surface area contributed by atoms with Gasteiger partial charge in [0, 0.05) is 12.6 Å². The molecule has 0 aromatic rings. The van der Waals surface area contributed by atoms with E-state index < -0.39 is 18.1 Å². The maximum atomic E-state index is 12.2. The molecule has 1 saturated carbocycles. The molecule has 4 atom stereocenters. The van der Waals surface area contributed by atoms with Crippen LogP contribution in [0.4, 0.5) is 4.79 Å². The van der Waals surface area contributed by atoms with Crippen LogP contribution in [0, 0.1) is 5.92 Å². The van der Waals surface area contributed by atoms with Crippen molar-refractivity contribution in [2.75, 3.05) is 6.54 Å². The minimum atomic E-state index is -1.24. The Kier molecular flexibility index (Phi) is 4.29. The van der Waals surface area contributed by atoms with Crippen molar-refractivity contribution < 1.29 is 19.8 Å². The van der Waals surface area contributed by atoms with Crippen LogP contribution in [-0.4, -0.2) is 51.8 Å². The molecule has 19 heavy (non-hydrogen) atoms. The van der Waals surface area contributed by atoms with E-state index in [1.165, 1.54) is 6.92 Å². The minimum absolute atomic E-state index is 0.247. The Balaban J connectivity index is 2.00. The number of carbonyl (C=O) groups is 2. The summed E-state index contributed by atoms with van der Waals surface area (Å²) < 4.78 is 0. The largest absolute Gasteiger partial charge is 0.480 e. The summed E-state index contributed by atoms with van der Waals surface area (Å²) >= 11 is 0. The van der Waals surface area contributed by atoms with Gasteiger partial charge in [0.1, 0.15) is 0 Å². The first-order chi connectivity index (χ1) is 9.00. The van der Waals surface area contributed by atoms with Crippen LogP contribution in [0.5, 0.6) is 0 Å². The molecule has 108 valence electrons. The maximum absolute atomic E-state index is 12.2. The molecule has 1 aliphatic carbocycles. The van der Waals surface area contributed by atoms with E-state index in [9.17, 15) is 14.7 Å². The van der Waals surface area contributed by atoms with Gasteiger partial charge in [-0.15, -0.1) is 0 Å². The van der Waals surface area contributed by atoms with Gasteiger partial charge in [-0.1, -0.05) is 6.42 Å². The molecule has 0 bridgehead atoms. The molecule has 1 aliphatic heterocycles. The lowest BCUT2D eigenvalue weighted by atomic mass is 9.92. The molecule has 0 radical (unpaired) electrons. The molecule has 0 spiro atoms. The monoisotopic (exact) mass is 270 g/mol. The number of carboxylic acid groups (broad SMARTS) is 1. The highest BCUT2D eigenvalue weighted by molar-refractivity contribution is 5.83. The highest BCUT2D eigenvalue weighted by Crippen LogP contribution is 2.36. The minimum Gasteiger partial charge on any atom is -0.480 e. The first-order valence-electron chi connectivity index (χ1n) is 6.98. The van der Waals surface area contributed by atoms with Crippen molar-refractivity contribution in [1.29, 1.82) is 0 Å². The summed E-state index contributed by atoms with van der Waals surface area (Å²) in [5, 5.41) is 20.8. The van der Waals surface area contributed by atoms with Gasteiger partial charge in [-0.05, 0) is 38.5 Å². The molecule has 2 aliphatic rings. The van der Waals surface area contributed by atoms with Crippen molar-refractivity contribution in [2.24, 2.45) is 5.92 Å². The Labute approximate surface area is 112 Å². The smallest absolute Gasteiger partial charge is 0.328 e. The topological polar surface area (TPSA) is 89.9 Å². The standard InChI is InChI=1S/C13H22N2O4/c1-8(16)11(12(17)18)14-13(19)15-7-3-5-9-4-2-6-10(9)15/h8-11,16H,2-7H2,1H3,(H,14,19)(H,17,18). The quantitative estimate of drug-likeness (QED) is 0.707. The number of urea groups is 1. The Morgan fingerprint density at radius 3 is 2.58 bits per heavy atom. The van der Waals surface area contributed by atoms with Gasteiger partial charge in [-0.3, -0.25) is 0 Å². The zero-order chi connectivity index (χ0) is 14.0. The molecule has 2 rings (SSSR count). The molecule has 3 N–H and O–H groups in total. The van der Waals surface area contributed by atoms with Crippen molar-refractivity contribution in [3.05, 3.63) is 0 Å². The molecular formula is C13H22N2O4. The van der Waals surface area contributed by atoms with Crippen molar-refractivity contribution in [1.82, 2.24) is 10.2 Å². The zero-order valence-electron chi connectivity index (χ0n) is 11.2. The van der Waals surface area contributed by atoms with Crippen LogP contribution >= 0.6 is 0 Å². The summed E-state index contributed by atoms with van der Waals surface area (Å²) in [5.41, 5.74) is 0. The van der Waals surface area contributed by atoms with E-state index in [0.29, 0.717) is 12.5 Å². The van der Waals surface area contributed by atoms with Crippen molar-refractivity contribution in [3.8, 4) is 0 Å². The van der Waals surface area contributed by atoms with Gasteiger partial charge < -0.3 is 20.4 Å². The summed E-state index contributed by atoms with van der Waals surface area (Å²) in [5.74, 6) is -0.641. The predicted molar refractivity (Wildman–Crippen MR) is 68.7 cm³/mol. The fourth-order valence-electron chi connectivity index (χ4n) is 3.31. The van der Waals surface area contributed by atoms with Crippen LogP contribution in [0.2, 0.25) is 0 Å². The third-order valence-electron chi connectivity index (χ3n) is 4.28. The number of nitrogens with one attached hydrogen (secondary N) is 1. The van der Waals surface area contributed by atoms with Crippen LogP contribution in [0.15, 0.2) is 0 Å². The van der Waals surface area contributed by atoms with Gasteiger partial charge >= 0.3 is 12.0 Å². The van der Waals surface area contributed by atoms with E-state index in [1.54, 1.807) is 4.90 Å². The van der Waals surface area contributed by atoms with Crippen LogP contribution in [0.3, 0.4) is 0 Å². The van der Waals surface area contributed by atoms with Crippen LogP contribution in [0.25, 0.3) is 0 Å². The summed E-state index contributed by atoms with van der Waals surface area (Å²) in [4.78, 5) is 25.0. The molecule has 4 unspecified atom stereocenters. The number of hydrogen-bond donors (Lipinski definition) is 3. The van der Waals surface area contributed by atoms with Crippen LogP contribution in [0.1, 0.15) is 39.0 Å². The molecular weight excluding hydrogens is 248 g/mol. The van der Waals surface area contributed by atoms with E-state index in [4.69, 9.17) is 5.11 Å². The maximum Gasteiger partial charge on any atom is 0.328 e. The number of rotatable bonds is 3. The Bertz CT molecular complexity index is 359. The lowest BCUT2D eigenvalue weighted by molar-refractivity contribution is -0.141. The van der Waals surface area contributed by atoms with Gasteiger partial charge in [0.25, 0.3) is 0 Å². The van der Waals surface area contributed by atoms with E-state index in [-0.39, 0.29) is 12.1 Å². The number of aliphatic hydroxyl groups is 1. The second-order valence-corrected chi connectivity index (χ2v) is 5.60. The number of fused-ring (bicyclic) bond motifs is 1. The van der Waals surface area contributed by atoms with E-state index >= 15 is 0 Å². The van der Waals surface area contributed by atoms with Crippen molar-refractivity contribution in [2.45, 2.75) is 57.2 Å². The molecule has 1 saturated heterocycles. The number of carboxylic acids is 1. The van der Waals surface area contributed by atoms with E-state index in [1.807, 2.05) is 0 Å². The molecule has 0 aromatic heterocycles. The fourth-order valence-corrected chi connectivity index (χ4v) is 3.31. The number of piperidine rings is 1. The van der Waals surface area contributed by atoms with Gasteiger partial charge in [-0.25, -0.2) is 9.59 Å². The van der Waals surface area contributed by atoms with Gasteiger partial charge in [0.15, 0.2) is 6.04 Å². The predicted octanol–water partition coefficient (Wildman–Crippen LogP) is 0.794. The first kappa shape index (κ1) is 14.1. The van der Waals surface area contributed by atoms with E-state index in [0.717, 1.165) is 32.1 Å².